The van der Waals surface area contributed by atoms with Crippen molar-refractivity contribution in [3.63, 3.8) is 0 Å². The van der Waals surface area contributed by atoms with Crippen LogP contribution in [0.1, 0.15) is 38.7 Å². The van der Waals surface area contributed by atoms with Gasteiger partial charge in [0, 0.05) is 30.9 Å². The molecule has 0 aliphatic carbocycles. The quantitative estimate of drug-likeness (QED) is 0.806. The topological polar surface area (TPSA) is 32.3 Å². The minimum Gasteiger partial charge on any atom is -0.372 e. The van der Waals surface area contributed by atoms with E-state index in [2.05, 4.69) is 55.3 Å². The van der Waals surface area contributed by atoms with Crippen molar-refractivity contribution in [2.24, 2.45) is 0 Å². The van der Waals surface area contributed by atoms with Gasteiger partial charge in [0.15, 0.2) is 0 Å². The van der Waals surface area contributed by atoms with Crippen molar-refractivity contribution in [3.8, 4) is 0 Å². The van der Waals surface area contributed by atoms with Crippen LogP contribution in [0.25, 0.3) is 0 Å². The van der Waals surface area contributed by atoms with Crippen LogP contribution in [0.2, 0.25) is 0 Å². The standard InChI is InChI=1S/C20H26N2O/c1-4-22(5-2)19-13-11-18(12-14-19)21-20(23)15-16(3)17-9-7-6-8-10-17/h6-14,16H,4-5,15H2,1-3H3,(H,21,23). The van der Waals surface area contributed by atoms with Crippen molar-refractivity contribution >= 4 is 17.3 Å². The highest BCUT2D eigenvalue weighted by Crippen LogP contribution is 2.21. The maximum Gasteiger partial charge on any atom is 0.224 e. The van der Waals surface area contributed by atoms with E-state index >= 15 is 0 Å². The number of carbonyl (C=O) groups is 1. The molecule has 2 aromatic rings. The summed E-state index contributed by atoms with van der Waals surface area (Å²) in [5.41, 5.74) is 3.23. The zero-order valence-corrected chi connectivity index (χ0v) is 14.3. The molecule has 1 atom stereocenters. The van der Waals surface area contributed by atoms with Crippen LogP contribution in [0.5, 0.6) is 0 Å². The summed E-state index contributed by atoms with van der Waals surface area (Å²) < 4.78 is 0. The van der Waals surface area contributed by atoms with Gasteiger partial charge in [0.05, 0.1) is 0 Å². The third kappa shape index (κ3) is 4.85. The fourth-order valence-corrected chi connectivity index (χ4v) is 2.73. The van der Waals surface area contributed by atoms with Crippen LogP contribution in [-0.2, 0) is 4.79 Å². The number of benzene rings is 2. The van der Waals surface area contributed by atoms with Gasteiger partial charge in [-0.3, -0.25) is 4.79 Å². The molecular formula is C20H26N2O. The second-order valence-corrected chi connectivity index (χ2v) is 5.78. The van der Waals surface area contributed by atoms with E-state index in [0.717, 1.165) is 18.8 Å². The lowest BCUT2D eigenvalue weighted by molar-refractivity contribution is -0.116. The summed E-state index contributed by atoms with van der Waals surface area (Å²) in [6, 6.07) is 18.2. The lowest BCUT2D eigenvalue weighted by atomic mass is 9.97. The van der Waals surface area contributed by atoms with Crippen LogP contribution in [0.3, 0.4) is 0 Å². The minimum atomic E-state index is 0.0527. The molecule has 0 aromatic heterocycles. The minimum absolute atomic E-state index is 0.0527. The Labute approximate surface area is 139 Å². The van der Waals surface area contributed by atoms with E-state index in [0.29, 0.717) is 6.42 Å². The van der Waals surface area contributed by atoms with Gasteiger partial charge in [-0.15, -0.1) is 0 Å². The molecule has 1 unspecified atom stereocenters. The van der Waals surface area contributed by atoms with Gasteiger partial charge >= 0.3 is 0 Å². The van der Waals surface area contributed by atoms with Gasteiger partial charge in [0.25, 0.3) is 0 Å². The Bertz CT molecular complexity index is 603. The lowest BCUT2D eigenvalue weighted by Gasteiger charge is -2.21. The molecule has 0 aliphatic heterocycles. The molecule has 122 valence electrons. The monoisotopic (exact) mass is 310 g/mol. The van der Waals surface area contributed by atoms with E-state index in [1.54, 1.807) is 0 Å². The van der Waals surface area contributed by atoms with E-state index in [1.165, 1.54) is 11.3 Å². The van der Waals surface area contributed by atoms with Gasteiger partial charge in [-0.05, 0) is 49.6 Å². The summed E-state index contributed by atoms with van der Waals surface area (Å²) in [6.07, 6.45) is 0.488. The Morgan fingerprint density at radius 2 is 1.61 bits per heavy atom. The third-order valence-electron chi connectivity index (χ3n) is 4.14. The average Bonchev–Trinajstić information content (AvgIpc) is 2.58. The zero-order valence-electron chi connectivity index (χ0n) is 14.3. The first-order chi connectivity index (χ1) is 11.1. The fourth-order valence-electron chi connectivity index (χ4n) is 2.73. The first-order valence-electron chi connectivity index (χ1n) is 8.33. The molecule has 1 N–H and O–H groups in total. The number of amides is 1. The van der Waals surface area contributed by atoms with Crippen molar-refractivity contribution in [3.05, 3.63) is 60.2 Å². The van der Waals surface area contributed by atoms with E-state index in [4.69, 9.17) is 0 Å². The number of hydrogen-bond acceptors (Lipinski definition) is 2. The SMILES string of the molecule is CCN(CC)c1ccc(NC(=O)CC(C)c2ccccc2)cc1. The molecular weight excluding hydrogens is 284 g/mol. The van der Waals surface area contributed by atoms with Crippen LogP contribution in [0.4, 0.5) is 11.4 Å². The molecule has 23 heavy (non-hydrogen) atoms. The van der Waals surface area contributed by atoms with Crippen LogP contribution in [0.15, 0.2) is 54.6 Å². The molecule has 0 saturated carbocycles. The van der Waals surface area contributed by atoms with Gasteiger partial charge in [0.2, 0.25) is 5.91 Å². The second kappa shape index (κ2) is 8.37. The molecule has 0 aliphatic rings. The van der Waals surface area contributed by atoms with E-state index < -0.39 is 0 Å². The Balaban J connectivity index is 1.92. The van der Waals surface area contributed by atoms with Crippen LogP contribution < -0.4 is 10.2 Å². The first kappa shape index (κ1) is 17.1. The number of hydrogen-bond donors (Lipinski definition) is 1. The molecule has 0 bridgehead atoms. The highest BCUT2D eigenvalue weighted by molar-refractivity contribution is 5.91. The van der Waals surface area contributed by atoms with Crippen molar-refractivity contribution in [2.45, 2.75) is 33.1 Å². The number of nitrogens with zero attached hydrogens (tertiary/aromatic N) is 1. The van der Waals surface area contributed by atoms with Crippen molar-refractivity contribution < 1.29 is 4.79 Å². The molecule has 3 heteroatoms. The van der Waals surface area contributed by atoms with E-state index in [1.807, 2.05) is 30.3 Å². The largest absolute Gasteiger partial charge is 0.372 e. The maximum atomic E-state index is 12.2. The van der Waals surface area contributed by atoms with Crippen molar-refractivity contribution in [1.29, 1.82) is 0 Å². The summed E-state index contributed by atoms with van der Waals surface area (Å²) in [4.78, 5) is 14.5. The second-order valence-electron chi connectivity index (χ2n) is 5.78. The lowest BCUT2D eigenvalue weighted by Crippen LogP contribution is -2.21. The summed E-state index contributed by atoms with van der Waals surface area (Å²) in [7, 11) is 0. The summed E-state index contributed by atoms with van der Waals surface area (Å²) in [5.74, 6) is 0.267. The van der Waals surface area contributed by atoms with E-state index in [9.17, 15) is 4.79 Å². The van der Waals surface area contributed by atoms with Crippen LogP contribution in [0, 0.1) is 0 Å². The number of anilines is 2. The molecule has 2 rings (SSSR count). The average molecular weight is 310 g/mol. The molecule has 0 radical (unpaired) electrons. The van der Waals surface area contributed by atoms with Gasteiger partial charge < -0.3 is 10.2 Å². The Morgan fingerprint density at radius 1 is 1.00 bits per heavy atom. The van der Waals surface area contributed by atoms with Crippen LogP contribution in [-0.4, -0.2) is 19.0 Å². The summed E-state index contributed by atoms with van der Waals surface area (Å²) >= 11 is 0. The highest BCUT2D eigenvalue weighted by atomic mass is 16.1. The summed E-state index contributed by atoms with van der Waals surface area (Å²) in [6.45, 7) is 8.33. The van der Waals surface area contributed by atoms with E-state index in [-0.39, 0.29) is 11.8 Å². The predicted molar refractivity (Wildman–Crippen MR) is 98.1 cm³/mol. The molecule has 0 fully saturated rings. The zero-order chi connectivity index (χ0) is 16.7. The van der Waals surface area contributed by atoms with Gasteiger partial charge in [-0.1, -0.05) is 37.3 Å². The summed E-state index contributed by atoms with van der Waals surface area (Å²) in [5, 5.41) is 2.99. The Hall–Kier alpha value is -2.29. The molecule has 0 spiro atoms. The van der Waals surface area contributed by atoms with Gasteiger partial charge in [0.1, 0.15) is 0 Å². The first-order valence-corrected chi connectivity index (χ1v) is 8.33. The van der Waals surface area contributed by atoms with Crippen molar-refractivity contribution in [1.82, 2.24) is 0 Å². The van der Waals surface area contributed by atoms with Crippen molar-refractivity contribution in [2.75, 3.05) is 23.3 Å². The predicted octanol–water partition coefficient (Wildman–Crippen LogP) is 4.67. The number of nitrogens with one attached hydrogen (secondary N) is 1. The van der Waals surface area contributed by atoms with Gasteiger partial charge in [-0.2, -0.15) is 0 Å². The normalized spacial score (nSPS) is 11.8. The molecule has 0 saturated heterocycles. The molecule has 3 nitrogen and oxygen atoms in total. The molecule has 1 amide bonds. The van der Waals surface area contributed by atoms with Gasteiger partial charge in [-0.25, -0.2) is 0 Å². The molecule has 2 aromatic carbocycles. The fraction of sp³-hybridized carbons (Fsp3) is 0.350. The highest BCUT2D eigenvalue weighted by Gasteiger charge is 2.11. The molecule has 0 heterocycles. The number of rotatable bonds is 7. The van der Waals surface area contributed by atoms with Crippen LogP contribution >= 0.6 is 0 Å². The number of carbonyl (C=O) groups excluding carboxylic acids is 1. The smallest absolute Gasteiger partial charge is 0.224 e. The maximum absolute atomic E-state index is 12.2. The third-order valence-corrected chi connectivity index (χ3v) is 4.14. The Morgan fingerprint density at radius 3 is 2.17 bits per heavy atom. The Kier molecular flexibility index (Phi) is 6.21.